The number of aryl methyl sites for hydroxylation is 1. The van der Waals surface area contributed by atoms with E-state index in [0.717, 1.165) is 36.8 Å². The van der Waals surface area contributed by atoms with Gasteiger partial charge in [0.25, 0.3) is 0 Å². The second-order valence-corrected chi connectivity index (χ2v) is 9.02. The van der Waals surface area contributed by atoms with Gasteiger partial charge in [0.2, 0.25) is 11.8 Å². The van der Waals surface area contributed by atoms with E-state index in [2.05, 4.69) is 5.32 Å². The lowest BCUT2D eigenvalue weighted by molar-refractivity contribution is -0.141. The van der Waals surface area contributed by atoms with E-state index in [9.17, 15) is 9.59 Å². The molecule has 2 aromatic carbocycles. The lowest BCUT2D eigenvalue weighted by Crippen LogP contribution is -2.51. The number of nitrogens with one attached hydrogen (secondary N) is 1. The molecule has 0 spiro atoms. The molecule has 1 saturated carbocycles. The summed E-state index contributed by atoms with van der Waals surface area (Å²) in [6, 6.07) is 15.2. The monoisotopic (exact) mass is 440 g/mol. The molecule has 1 fully saturated rings. The molecule has 2 aromatic rings. The molecule has 1 atom stereocenters. The molecule has 1 N–H and O–H groups in total. The lowest BCUT2D eigenvalue weighted by Gasteiger charge is -2.33. The highest BCUT2D eigenvalue weighted by molar-refractivity contribution is 6.30. The van der Waals surface area contributed by atoms with Gasteiger partial charge in [-0.05, 0) is 49.4 Å². The third-order valence-electron chi connectivity index (χ3n) is 6.06. The van der Waals surface area contributed by atoms with Crippen molar-refractivity contribution in [3.63, 3.8) is 0 Å². The van der Waals surface area contributed by atoms with Gasteiger partial charge in [-0.25, -0.2) is 0 Å². The fourth-order valence-corrected chi connectivity index (χ4v) is 4.49. The first kappa shape index (κ1) is 23.3. The zero-order chi connectivity index (χ0) is 22.2. The second kappa shape index (κ2) is 11.3. The van der Waals surface area contributed by atoms with Gasteiger partial charge in [-0.3, -0.25) is 9.59 Å². The molecule has 166 valence electrons. The van der Waals surface area contributed by atoms with Crippen LogP contribution in [0.4, 0.5) is 0 Å². The molecule has 4 nitrogen and oxygen atoms in total. The molecule has 0 aromatic heterocycles. The molecule has 0 radical (unpaired) electrons. The zero-order valence-electron chi connectivity index (χ0n) is 18.6. The first-order valence-corrected chi connectivity index (χ1v) is 11.7. The van der Waals surface area contributed by atoms with E-state index in [4.69, 9.17) is 11.6 Å². The summed E-state index contributed by atoms with van der Waals surface area (Å²) >= 11 is 6.11. The first-order chi connectivity index (χ1) is 15.0. The number of carbonyl (C=O) groups excluding carboxylic acids is 2. The van der Waals surface area contributed by atoms with Gasteiger partial charge in [0.1, 0.15) is 6.04 Å². The van der Waals surface area contributed by atoms with Gasteiger partial charge < -0.3 is 10.2 Å². The third kappa shape index (κ3) is 6.83. The van der Waals surface area contributed by atoms with E-state index < -0.39 is 6.04 Å². The highest BCUT2D eigenvalue weighted by atomic mass is 35.5. The number of benzene rings is 2. The van der Waals surface area contributed by atoms with Crippen LogP contribution in [0.15, 0.2) is 48.5 Å². The molecule has 0 aliphatic heterocycles. The Balaban J connectivity index is 1.80. The van der Waals surface area contributed by atoms with Crippen LogP contribution >= 0.6 is 11.6 Å². The van der Waals surface area contributed by atoms with Crippen molar-refractivity contribution in [2.75, 3.05) is 0 Å². The van der Waals surface area contributed by atoms with Crippen LogP contribution < -0.4 is 5.32 Å². The van der Waals surface area contributed by atoms with Gasteiger partial charge in [0, 0.05) is 17.6 Å². The van der Waals surface area contributed by atoms with Gasteiger partial charge in [-0.1, -0.05) is 79.7 Å². The van der Waals surface area contributed by atoms with Crippen LogP contribution in [-0.4, -0.2) is 28.8 Å². The lowest BCUT2D eigenvalue weighted by atomic mass is 9.95. The van der Waals surface area contributed by atoms with Gasteiger partial charge in [-0.2, -0.15) is 0 Å². The van der Waals surface area contributed by atoms with Gasteiger partial charge in [0.15, 0.2) is 0 Å². The zero-order valence-corrected chi connectivity index (χ0v) is 19.3. The standard InChI is InChI=1S/C26H33ClN2O2/c1-3-24(26(31)28-23-10-5-4-6-11-23)29(18-20-14-12-19(2)13-15-20)25(30)17-21-8-7-9-22(27)16-21/h7-9,12-16,23-24H,3-6,10-11,17-18H2,1-2H3,(H,28,31)/t24-/m1/s1. The van der Waals surface area contributed by atoms with Gasteiger partial charge >= 0.3 is 0 Å². The summed E-state index contributed by atoms with van der Waals surface area (Å²) in [7, 11) is 0. The average molecular weight is 441 g/mol. The van der Waals surface area contributed by atoms with Crippen LogP contribution in [0.2, 0.25) is 5.02 Å². The Labute approximate surface area is 191 Å². The Bertz CT molecular complexity index is 875. The maximum absolute atomic E-state index is 13.4. The normalized spacial score (nSPS) is 15.3. The summed E-state index contributed by atoms with van der Waals surface area (Å²) in [6.45, 7) is 4.43. The van der Waals surface area contributed by atoms with E-state index >= 15 is 0 Å². The maximum Gasteiger partial charge on any atom is 0.243 e. The molecular weight excluding hydrogens is 408 g/mol. The van der Waals surface area contributed by atoms with Gasteiger partial charge in [0.05, 0.1) is 6.42 Å². The largest absolute Gasteiger partial charge is 0.352 e. The molecule has 5 heteroatoms. The third-order valence-corrected chi connectivity index (χ3v) is 6.29. The SMILES string of the molecule is CC[C@H](C(=O)NC1CCCCC1)N(Cc1ccc(C)cc1)C(=O)Cc1cccc(Cl)c1. The summed E-state index contributed by atoms with van der Waals surface area (Å²) in [6.07, 6.45) is 6.39. The molecule has 0 bridgehead atoms. The number of nitrogens with zero attached hydrogens (tertiary/aromatic N) is 1. The molecular formula is C26H33ClN2O2. The number of rotatable bonds is 8. The molecule has 1 aliphatic carbocycles. The minimum Gasteiger partial charge on any atom is -0.352 e. The highest BCUT2D eigenvalue weighted by Crippen LogP contribution is 2.20. The number of hydrogen-bond donors (Lipinski definition) is 1. The van der Waals surface area contributed by atoms with Crippen molar-refractivity contribution in [3.8, 4) is 0 Å². The maximum atomic E-state index is 13.4. The predicted octanol–water partition coefficient (Wildman–Crippen LogP) is 5.45. The number of halogens is 1. The number of hydrogen-bond acceptors (Lipinski definition) is 2. The molecule has 0 unspecified atom stereocenters. The summed E-state index contributed by atoms with van der Waals surface area (Å²) in [5.74, 6) is -0.102. The van der Waals surface area contributed by atoms with Crippen molar-refractivity contribution in [1.29, 1.82) is 0 Å². The fourth-order valence-electron chi connectivity index (χ4n) is 4.28. The molecule has 2 amide bonds. The van der Waals surface area contributed by atoms with E-state index in [1.165, 1.54) is 12.0 Å². The smallest absolute Gasteiger partial charge is 0.243 e. The van der Waals surface area contributed by atoms with E-state index in [1.807, 2.05) is 56.3 Å². The summed E-state index contributed by atoms with van der Waals surface area (Å²) < 4.78 is 0. The molecule has 0 saturated heterocycles. The first-order valence-electron chi connectivity index (χ1n) is 11.4. The van der Waals surface area contributed by atoms with Crippen LogP contribution in [0.1, 0.15) is 62.1 Å². The van der Waals surface area contributed by atoms with Crippen LogP contribution in [0, 0.1) is 6.92 Å². The second-order valence-electron chi connectivity index (χ2n) is 8.58. The molecule has 1 aliphatic rings. The Kier molecular flexibility index (Phi) is 8.53. The van der Waals surface area contributed by atoms with E-state index in [1.54, 1.807) is 11.0 Å². The van der Waals surface area contributed by atoms with E-state index in [-0.39, 0.29) is 24.3 Å². The topological polar surface area (TPSA) is 49.4 Å². The van der Waals surface area contributed by atoms with Crippen molar-refractivity contribution in [3.05, 3.63) is 70.2 Å². The molecule has 31 heavy (non-hydrogen) atoms. The Morgan fingerprint density at radius 1 is 1.06 bits per heavy atom. The van der Waals surface area contributed by atoms with Crippen molar-refractivity contribution >= 4 is 23.4 Å². The molecule has 3 rings (SSSR count). The summed E-state index contributed by atoms with van der Waals surface area (Å²) in [4.78, 5) is 28.3. The molecule has 0 heterocycles. The number of carbonyl (C=O) groups is 2. The highest BCUT2D eigenvalue weighted by Gasteiger charge is 2.30. The fraction of sp³-hybridized carbons (Fsp3) is 0.462. The van der Waals surface area contributed by atoms with Crippen LogP contribution in [0.5, 0.6) is 0 Å². The van der Waals surface area contributed by atoms with Crippen molar-refractivity contribution in [2.45, 2.75) is 77.4 Å². The predicted molar refractivity (Wildman–Crippen MR) is 126 cm³/mol. The van der Waals surface area contributed by atoms with Gasteiger partial charge in [-0.15, -0.1) is 0 Å². The quantitative estimate of drug-likeness (QED) is 0.593. The Morgan fingerprint density at radius 2 is 1.77 bits per heavy atom. The number of amides is 2. The van der Waals surface area contributed by atoms with Crippen LogP contribution in [0.3, 0.4) is 0 Å². The van der Waals surface area contributed by atoms with Crippen LogP contribution in [-0.2, 0) is 22.6 Å². The van der Waals surface area contributed by atoms with Crippen molar-refractivity contribution in [2.24, 2.45) is 0 Å². The van der Waals surface area contributed by atoms with Crippen LogP contribution in [0.25, 0.3) is 0 Å². The summed E-state index contributed by atoms with van der Waals surface area (Å²) in [5, 5.41) is 3.83. The minimum absolute atomic E-state index is 0.0408. The average Bonchev–Trinajstić information content (AvgIpc) is 2.75. The minimum atomic E-state index is -0.491. The Morgan fingerprint density at radius 3 is 2.42 bits per heavy atom. The van der Waals surface area contributed by atoms with E-state index in [0.29, 0.717) is 18.0 Å². The summed E-state index contributed by atoms with van der Waals surface area (Å²) in [5.41, 5.74) is 3.05. The van der Waals surface area contributed by atoms with Crippen molar-refractivity contribution < 1.29 is 9.59 Å². The van der Waals surface area contributed by atoms with Crippen molar-refractivity contribution in [1.82, 2.24) is 10.2 Å². The Hall–Kier alpha value is -2.33.